The monoisotopic (exact) mass is 464 g/mol. The summed E-state index contributed by atoms with van der Waals surface area (Å²) in [6.45, 7) is 21.7. The zero-order chi connectivity index (χ0) is 24.5. The fourth-order valence-electron chi connectivity index (χ4n) is 5.45. The summed E-state index contributed by atoms with van der Waals surface area (Å²) in [6, 6.07) is 7.90. The molecule has 184 valence electrons. The smallest absolute Gasteiger partial charge is 0.200 e. The van der Waals surface area contributed by atoms with Crippen LogP contribution in [-0.2, 0) is 20.6 Å². The summed E-state index contributed by atoms with van der Waals surface area (Å²) < 4.78 is 18.3. The highest BCUT2D eigenvalue weighted by Gasteiger charge is 2.45. The van der Waals surface area contributed by atoms with Crippen LogP contribution in [0.25, 0.3) is 0 Å². The lowest BCUT2D eigenvalue weighted by molar-refractivity contribution is -0.118. The third-order valence-corrected chi connectivity index (χ3v) is 13.1. The quantitative estimate of drug-likeness (QED) is 0.202. The Morgan fingerprint density at radius 3 is 1.84 bits per heavy atom. The number of carbonyl (C=O) groups is 1. The summed E-state index contributed by atoms with van der Waals surface area (Å²) in [4.78, 5) is 11.6. The van der Waals surface area contributed by atoms with Crippen LogP contribution in [0.2, 0.25) is 16.6 Å². The van der Waals surface area contributed by atoms with Gasteiger partial charge >= 0.3 is 0 Å². The van der Waals surface area contributed by atoms with Crippen molar-refractivity contribution in [2.75, 3.05) is 13.7 Å². The Balaban J connectivity index is 2.77. The SMILES string of the molecule is COc1ccc(CO[C@H]([C@@H](C)C=O)[C@@H](C)C[C@@H](C)CO[Si](C(C)C)(C(C)C)C(C)C)cc1. The summed E-state index contributed by atoms with van der Waals surface area (Å²) in [5.41, 5.74) is 2.84. The number of hydrogen-bond donors (Lipinski definition) is 0. The Kier molecular flexibility index (Phi) is 12.2. The fourth-order valence-corrected chi connectivity index (χ4v) is 11.0. The molecule has 0 fully saturated rings. The molecule has 1 rings (SSSR count). The Labute approximate surface area is 198 Å². The molecule has 0 aliphatic heterocycles. The maximum absolute atomic E-state index is 11.6. The van der Waals surface area contributed by atoms with E-state index in [4.69, 9.17) is 13.9 Å². The van der Waals surface area contributed by atoms with Gasteiger partial charge in [0.05, 0.1) is 19.8 Å². The van der Waals surface area contributed by atoms with Gasteiger partial charge in [-0.05, 0) is 52.6 Å². The van der Waals surface area contributed by atoms with E-state index < -0.39 is 8.32 Å². The molecule has 0 N–H and O–H groups in total. The highest BCUT2D eigenvalue weighted by Crippen LogP contribution is 2.42. The van der Waals surface area contributed by atoms with Crippen molar-refractivity contribution in [1.82, 2.24) is 0 Å². The maximum Gasteiger partial charge on any atom is 0.200 e. The number of carbonyl (C=O) groups excluding carboxylic acids is 1. The van der Waals surface area contributed by atoms with Gasteiger partial charge in [-0.3, -0.25) is 0 Å². The van der Waals surface area contributed by atoms with E-state index in [1.165, 1.54) is 0 Å². The lowest BCUT2D eigenvalue weighted by Crippen LogP contribution is -2.48. The van der Waals surface area contributed by atoms with E-state index in [9.17, 15) is 4.79 Å². The molecule has 0 aromatic heterocycles. The molecular formula is C27H48O4Si. The van der Waals surface area contributed by atoms with Gasteiger partial charge in [-0.2, -0.15) is 0 Å². The summed E-state index contributed by atoms with van der Waals surface area (Å²) in [5, 5.41) is 0. The molecule has 0 spiro atoms. The Morgan fingerprint density at radius 1 is 0.875 bits per heavy atom. The van der Waals surface area contributed by atoms with Gasteiger partial charge in [0.25, 0.3) is 0 Å². The predicted molar refractivity (Wildman–Crippen MR) is 137 cm³/mol. The van der Waals surface area contributed by atoms with Crippen LogP contribution in [0, 0.1) is 17.8 Å². The largest absolute Gasteiger partial charge is 0.497 e. The molecule has 0 heterocycles. The van der Waals surface area contributed by atoms with Gasteiger partial charge < -0.3 is 18.7 Å². The summed E-state index contributed by atoms with van der Waals surface area (Å²) in [7, 11) is -0.200. The second-order valence-corrected chi connectivity index (χ2v) is 16.0. The first-order valence-electron chi connectivity index (χ1n) is 12.3. The summed E-state index contributed by atoms with van der Waals surface area (Å²) in [5.74, 6) is 1.36. The molecule has 0 aliphatic carbocycles. The predicted octanol–water partition coefficient (Wildman–Crippen LogP) is 7.27. The minimum atomic E-state index is -1.86. The minimum Gasteiger partial charge on any atom is -0.497 e. The molecule has 1 aromatic carbocycles. The Hall–Kier alpha value is -1.17. The van der Waals surface area contributed by atoms with E-state index in [2.05, 4.69) is 55.4 Å². The lowest BCUT2D eigenvalue weighted by atomic mass is 9.87. The van der Waals surface area contributed by atoms with Crippen LogP contribution in [0.1, 0.15) is 74.3 Å². The first kappa shape index (κ1) is 28.9. The normalized spacial score (nSPS) is 16.3. The Bertz CT molecular complexity index is 634. The molecule has 0 aliphatic rings. The number of ether oxygens (including phenoxy) is 2. The van der Waals surface area contributed by atoms with Crippen LogP contribution < -0.4 is 4.74 Å². The van der Waals surface area contributed by atoms with Crippen molar-refractivity contribution in [3.63, 3.8) is 0 Å². The van der Waals surface area contributed by atoms with Crippen molar-refractivity contribution in [2.24, 2.45) is 17.8 Å². The van der Waals surface area contributed by atoms with Crippen LogP contribution in [0.4, 0.5) is 0 Å². The van der Waals surface area contributed by atoms with Crippen molar-refractivity contribution >= 4 is 14.6 Å². The maximum atomic E-state index is 11.6. The van der Waals surface area contributed by atoms with E-state index in [0.29, 0.717) is 29.1 Å². The van der Waals surface area contributed by atoms with Crippen LogP contribution in [0.5, 0.6) is 5.75 Å². The molecule has 4 atom stereocenters. The number of aldehydes is 1. The molecule has 5 heteroatoms. The van der Waals surface area contributed by atoms with Gasteiger partial charge in [-0.15, -0.1) is 0 Å². The first-order valence-corrected chi connectivity index (χ1v) is 14.5. The van der Waals surface area contributed by atoms with Crippen LogP contribution >= 0.6 is 0 Å². The molecule has 0 saturated carbocycles. The average molecular weight is 465 g/mol. The van der Waals surface area contributed by atoms with Gasteiger partial charge in [0.1, 0.15) is 12.0 Å². The van der Waals surface area contributed by atoms with Crippen LogP contribution in [0.3, 0.4) is 0 Å². The van der Waals surface area contributed by atoms with E-state index in [1.54, 1.807) is 7.11 Å². The summed E-state index contributed by atoms with van der Waals surface area (Å²) >= 11 is 0. The van der Waals surface area contributed by atoms with Crippen molar-refractivity contribution in [3.05, 3.63) is 29.8 Å². The van der Waals surface area contributed by atoms with Gasteiger partial charge in [0.15, 0.2) is 8.32 Å². The van der Waals surface area contributed by atoms with Gasteiger partial charge in [-0.1, -0.05) is 74.4 Å². The highest BCUT2D eigenvalue weighted by molar-refractivity contribution is 6.77. The molecule has 0 amide bonds. The molecular weight excluding hydrogens is 416 g/mol. The standard InChI is InChI=1S/C27H48O4Si/c1-19(2)32(20(3)4,21(5)6)31-17-22(7)15-23(8)27(24(9)16-28)30-18-25-11-13-26(29-10)14-12-25/h11-14,16,19-24,27H,15,17-18H2,1-10H3/t22-,23+,24+,27+/m1/s1. The molecule has 0 radical (unpaired) electrons. The minimum absolute atomic E-state index is 0.112. The molecule has 4 nitrogen and oxygen atoms in total. The van der Waals surface area contributed by atoms with Crippen molar-refractivity contribution in [2.45, 2.75) is 98.1 Å². The topological polar surface area (TPSA) is 44.8 Å². The first-order chi connectivity index (χ1) is 15.0. The zero-order valence-corrected chi connectivity index (χ0v) is 23.2. The third kappa shape index (κ3) is 7.70. The number of hydrogen-bond acceptors (Lipinski definition) is 4. The van der Waals surface area contributed by atoms with E-state index in [-0.39, 0.29) is 17.9 Å². The molecule has 0 unspecified atom stereocenters. The van der Waals surface area contributed by atoms with Crippen LogP contribution in [0.15, 0.2) is 24.3 Å². The molecule has 32 heavy (non-hydrogen) atoms. The number of methoxy groups -OCH3 is 1. The summed E-state index contributed by atoms with van der Waals surface area (Å²) in [6.07, 6.45) is 1.88. The molecule has 1 aromatic rings. The van der Waals surface area contributed by atoms with Gasteiger partial charge in [0, 0.05) is 12.5 Å². The van der Waals surface area contributed by atoms with Crippen molar-refractivity contribution < 1.29 is 18.7 Å². The van der Waals surface area contributed by atoms with Crippen molar-refractivity contribution in [1.29, 1.82) is 0 Å². The second kappa shape index (κ2) is 13.5. The van der Waals surface area contributed by atoms with Gasteiger partial charge in [-0.25, -0.2) is 0 Å². The van der Waals surface area contributed by atoms with Gasteiger partial charge in [0.2, 0.25) is 0 Å². The van der Waals surface area contributed by atoms with Crippen LogP contribution in [-0.4, -0.2) is 34.4 Å². The lowest BCUT2D eigenvalue weighted by Gasteiger charge is -2.43. The van der Waals surface area contributed by atoms with E-state index >= 15 is 0 Å². The fraction of sp³-hybridized carbons (Fsp3) is 0.741. The number of rotatable bonds is 15. The van der Waals surface area contributed by atoms with Crippen molar-refractivity contribution in [3.8, 4) is 5.75 Å². The van der Waals surface area contributed by atoms with E-state index in [1.807, 2.05) is 31.2 Å². The number of benzene rings is 1. The zero-order valence-electron chi connectivity index (χ0n) is 22.2. The highest BCUT2D eigenvalue weighted by atomic mass is 28.4. The van der Waals surface area contributed by atoms with E-state index in [0.717, 1.165) is 30.6 Å². The Morgan fingerprint density at radius 2 is 1.41 bits per heavy atom. The third-order valence-electron chi connectivity index (χ3n) is 6.99. The molecule has 0 saturated heterocycles. The average Bonchev–Trinajstić information content (AvgIpc) is 2.73. The second-order valence-electron chi connectivity index (χ2n) is 10.6. The molecule has 0 bridgehead atoms.